The van der Waals surface area contributed by atoms with Crippen LogP contribution in [-0.2, 0) is 0 Å². The standard InChI is InChI=1S/C62H42N2/c1-3-19-44(20-4-1)49-24-9-10-26-51(49)53-28-11-12-29-54(53)55-30-15-17-33-59(55)64(62-42-46-21-7-8-25-50(46)52-27-13-14-31-56(52)62)48-38-35-43(36-39-48)45-37-40-61-58(41-45)57-32-16-18-34-60(57)63(61)47-22-5-2-6-23-47/h1-42H. The van der Waals surface area contributed by atoms with Crippen molar-refractivity contribution < 1.29 is 0 Å². The van der Waals surface area contributed by atoms with Crippen molar-refractivity contribution >= 4 is 60.4 Å². The molecule has 12 aromatic rings. The smallest absolute Gasteiger partial charge is 0.0546 e. The highest BCUT2D eigenvalue weighted by Gasteiger charge is 2.23. The molecule has 0 unspecified atom stereocenters. The molecular formula is C62H42N2. The number of rotatable bonds is 8. The molecule has 1 heterocycles. The summed E-state index contributed by atoms with van der Waals surface area (Å²) in [5, 5.41) is 7.37. The van der Waals surface area contributed by atoms with Crippen molar-refractivity contribution in [3.8, 4) is 50.2 Å². The Morgan fingerprint density at radius 3 is 1.53 bits per heavy atom. The van der Waals surface area contributed by atoms with Crippen molar-refractivity contribution in [3.05, 3.63) is 255 Å². The number of aromatic nitrogens is 1. The van der Waals surface area contributed by atoms with Crippen LogP contribution in [0.3, 0.4) is 0 Å². The first-order chi connectivity index (χ1) is 31.8. The molecule has 11 aromatic carbocycles. The molecule has 300 valence electrons. The van der Waals surface area contributed by atoms with Gasteiger partial charge in [-0.25, -0.2) is 0 Å². The van der Waals surface area contributed by atoms with Crippen molar-refractivity contribution in [1.82, 2.24) is 4.57 Å². The monoisotopic (exact) mass is 814 g/mol. The molecule has 2 nitrogen and oxygen atoms in total. The van der Waals surface area contributed by atoms with Gasteiger partial charge < -0.3 is 9.47 Å². The van der Waals surface area contributed by atoms with Gasteiger partial charge in [-0.05, 0) is 110 Å². The van der Waals surface area contributed by atoms with Crippen LogP contribution in [0.2, 0.25) is 0 Å². The lowest BCUT2D eigenvalue weighted by molar-refractivity contribution is 1.18. The summed E-state index contributed by atoms with van der Waals surface area (Å²) in [5.41, 5.74) is 16.4. The molecule has 0 fully saturated rings. The number of hydrogen-bond acceptors (Lipinski definition) is 1. The largest absolute Gasteiger partial charge is 0.309 e. The van der Waals surface area contributed by atoms with E-state index in [0.717, 1.165) is 28.3 Å². The van der Waals surface area contributed by atoms with Gasteiger partial charge in [0.05, 0.1) is 22.4 Å². The number of benzene rings is 11. The lowest BCUT2D eigenvalue weighted by atomic mass is 9.88. The molecule has 0 aliphatic rings. The Kier molecular flexibility index (Phi) is 9.20. The summed E-state index contributed by atoms with van der Waals surface area (Å²) >= 11 is 0. The minimum absolute atomic E-state index is 1.08. The van der Waals surface area contributed by atoms with E-state index in [-0.39, 0.29) is 0 Å². The molecule has 0 saturated heterocycles. The summed E-state index contributed by atoms with van der Waals surface area (Å²) in [6, 6.07) is 92.7. The van der Waals surface area contributed by atoms with Crippen LogP contribution in [0, 0.1) is 0 Å². The average molecular weight is 815 g/mol. The van der Waals surface area contributed by atoms with Crippen LogP contribution >= 0.6 is 0 Å². The number of para-hydroxylation sites is 3. The van der Waals surface area contributed by atoms with E-state index in [1.807, 2.05) is 0 Å². The van der Waals surface area contributed by atoms with Crippen molar-refractivity contribution in [2.45, 2.75) is 0 Å². The molecule has 12 rings (SSSR count). The zero-order valence-corrected chi connectivity index (χ0v) is 35.1. The average Bonchev–Trinajstić information content (AvgIpc) is 3.71. The maximum absolute atomic E-state index is 2.48. The van der Waals surface area contributed by atoms with Gasteiger partial charge in [0.2, 0.25) is 0 Å². The normalized spacial score (nSPS) is 11.4. The van der Waals surface area contributed by atoms with Crippen molar-refractivity contribution in [2.24, 2.45) is 0 Å². The van der Waals surface area contributed by atoms with Gasteiger partial charge in [-0.3, -0.25) is 0 Å². The minimum atomic E-state index is 1.08. The summed E-state index contributed by atoms with van der Waals surface area (Å²) in [6.07, 6.45) is 0. The number of hydrogen-bond donors (Lipinski definition) is 0. The van der Waals surface area contributed by atoms with Gasteiger partial charge in [0.25, 0.3) is 0 Å². The van der Waals surface area contributed by atoms with Crippen LogP contribution in [0.5, 0.6) is 0 Å². The van der Waals surface area contributed by atoms with Gasteiger partial charge in [-0.15, -0.1) is 0 Å². The summed E-state index contributed by atoms with van der Waals surface area (Å²) in [7, 11) is 0. The quantitative estimate of drug-likeness (QED) is 0.139. The third kappa shape index (κ3) is 6.35. The van der Waals surface area contributed by atoms with Crippen LogP contribution in [-0.4, -0.2) is 4.57 Å². The van der Waals surface area contributed by atoms with Crippen molar-refractivity contribution in [1.29, 1.82) is 0 Å². The highest BCUT2D eigenvalue weighted by Crippen LogP contribution is 2.48. The fourth-order valence-electron chi connectivity index (χ4n) is 9.87. The fourth-order valence-corrected chi connectivity index (χ4v) is 9.87. The van der Waals surface area contributed by atoms with Crippen LogP contribution < -0.4 is 4.90 Å². The second kappa shape index (κ2) is 15.8. The van der Waals surface area contributed by atoms with Crippen molar-refractivity contribution in [2.75, 3.05) is 4.90 Å². The first kappa shape index (κ1) is 37.3. The molecule has 0 atom stereocenters. The molecule has 0 N–H and O–H groups in total. The van der Waals surface area contributed by atoms with Gasteiger partial charge in [-0.1, -0.05) is 200 Å². The molecule has 0 bridgehead atoms. The molecule has 0 aliphatic heterocycles. The maximum Gasteiger partial charge on any atom is 0.0546 e. The summed E-state index contributed by atoms with van der Waals surface area (Å²) in [4.78, 5) is 2.48. The molecule has 0 amide bonds. The predicted octanol–water partition coefficient (Wildman–Crippen LogP) is 17.2. The van der Waals surface area contributed by atoms with E-state index < -0.39 is 0 Å². The number of anilines is 3. The molecule has 1 aromatic heterocycles. The Balaban J connectivity index is 1.04. The highest BCUT2D eigenvalue weighted by molar-refractivity contribution is 6.15. The predicted molar refractivity (Wildman–Crippen MR) is 272 cm³/mol. The fraction of sp³-hybridized carbons (Fsp3) is 0. The van der Waals surface area contributed by atoms with Gasteiger partial charge >= 0.3 is 0 Å². The Bertz CT molecular complexity index is 3660. The van der Waals surface area contributed by atoms with Crippen LogP contribution in [0.1, 0.15) is 0 Å². The molecule has 0 saturated carbocycles. The van der Waals surface area contributed by atoms with E-state index >= 15 is 0 Å². The Labute approximate surface area is 373 Å². The van der Waals surface area contributed by atoms with Gasteiger partial charge in [0.1, 0.15) is 0 Å². The second-order valence-corrected chi connectivity index (χ2v) is 16.4. The van der Waals surface area contributed by atoms with E-state index in [2.05, 4.69) is 264 Å². The molecule has 2 heteroatoms. The minimum Gasteiger partial charge on any atom is -0.309 e. The van der Waals surface area contributed by atoms with E-state index in [1.54, 1.807) is 0 Å². The van der Waals surface area contributed by atoms with E-state index in [4.69, 9.17) is 0 Å². The zero-order chi connectivity index (χ0) is 42.4. The maximum atomic E-state index is 2.48. The topological polar surface area (TPSA) is 8.17 Å². The Morgan fingerprint density at radius 2 is 0.781 bits per heavy atom. The lowest BCUT2D eigenvalue weighted by Gasteiger charge is -2.30. The van der Waals surface area contributed by atoms with E-state index in [9.17, 15) is 0 Å². The summed E-state index contributed by atoms with van der Waals surface area (Å²) < 4.78 is 2.37. The molecular weight excluding hydrogens is 773 g/mol. The van der Waals surface area contributed by atoms with Crippen LogP contribution in [0.15, 0.2) is 255 Å². The summed E-state index contributed by atoms with van der Waals surface area (Å²) in [6.45, 7) is 0. The van der Waals surface area contributed by atoms with Gasteiger partial charge in [0, 0.05) is 33.1 Å². The molecule has 0 radical (unpaired) electrons. The van der Waals surface area contributed by atoms with Gasteiger partial charge in [0.15, 0.2) is 0 Å². The van der Waals surface area contributed by atoms with E-state index in [0.29, 0.717) is 0 Å². The molecule has 64 heavy (non-hydrogen) atoms. The number of fused-ring (bicyclic) bond motifs is 6. The highest BCUT2D eigenvalue weighted by atomic mass is 15.1. The lowest BCUT2D eigenvalue weighted by Crippen LogP contribution is -2.12. The number of nitrogens with zero attached hydrogens (tertiary/aromatic N) is 2. The molecule has 0 aliphatic carbocycles. The van der Waals surface area contributed by atoms with Gasteiger partial charge in [-0.2, -0.15) is 0 Å². The summed E-state index contributed by atoms with van der Waals surface area (Å²) in [5.74, 6) is 0. The SMILES string of the molecule is c1ccc(-c2ccccc2-c2ccccc2-c2ccccc2N(c2ccc(-c3ccc4c(c3)c3ccccc3n4-c3ccccc3)cc2)c2cc3ccccc3c3ccccc23)cc1. The van der Waals surface area contributed by atoms with Crippen LogP contribution in [0.25, 0.3) is 93.5 Å². The Morgan fingerprint density at radius 1 is 0.266 bits per heavy atom. The van der Waals surface area contributed by atoms with E-state index in [1.165, 1.54) is 82.3 Å². The zero-order valence-electron chi connectivity index (χ0n) is 35.1. The second-order valence-electron chi connectivity index (χ2n) is 16.4. The first-order valence-electron chi connectivity index (χ1n) is 22.0. The first-order valence-corrected chi connectivity index (χ1v) is 22.0. The molecule has 0 spiro atoms. The Hall–Kier alpha value is -8.46. The third-order valence-electron chi connectivity index (χ3n) is 12.8. The third-order valence-corrected chi connectivity index (χ3v) is 12.8. The van der Waals surface area contributed by atoms with Crippen LogP contribution in [0.4, 0.5) is 17.1 Å². The van der Waals surface area contributed by atoms with Crippen molar-refractivity contribution in [3.63, 3.8) is 0 Å².